The molecular formula is C22H24ClN3O2. The molecule has 1 amide bonds. The largest absolute Gasteiger partial charge is 0.436 e. The first kappa shape index (κ1) is 20.1. The van der Waals surface area contributed by atoms with E-state index in [4.69, 9.17) is 10.2 Å². The predicted molar refractivity (Wildman–Crippen MR) is 112 cm³/mol. The average molecular weight is 398 g/mol. The smallest absolute Gasteiger partial charge is 0.254 e. The highest BCUT2D eigenvalue weighted by Gasteiger charge is 2.25. The van der Waals surface area contributed by atoms with Gasteiger partial charge in [0.15, 0.2) is 5.76 Å². The molecule has 0 bridgehead atoms. The molecule has 1 aliphatic rings. The van der Waals surface area contributed by atoms with E-state index in [9.17, 15) is 4.79 Å². The maximum atomic E-state index is 13.1. The van der Waals surface area contributed by atoms with Crippen LogP contribution in [0.2, 0.25) is 0 Å². The van der Waals surface area contributed by atoms with Crippen LogP contribution in [0.1, 0.15) is 28.8 Å². The highest BCUT2D eigenvalue weighted by Crippen LogP contribution is 2.29. The molecule has 0 spiro atoms. The van der Waals surface area contributed by atoms with Crippen LogP contribution in [-0.2, 0) is 0 Å². The van der Waals surface area contributed by atoms with E-state index < -0.39 is 0 Å². The van der Waals surface area contributed by atoms with Crippen molar-refractivity contribution >= 4 is 18.3 Å². The maximum Gasteiger partial charge on any atom is 0.254 e. The van der Waals surface area contributed by atoms with Crippen LogP contribution in [0.25, 0.3) is 22.8 Å². The van der Waals surface area contributed by atoms with Crippen molar-refractivity contribution in [2.75, 3.05) is 13.1 Å². The Hall–Kier alpha value is -2.63. The minimum absolute atomic E-state index is 0. The van der Waals surface area contributed by atoms with Crippen molar-refractivity contribution in [3.8, 4) is 22.8 Å². The molecule has 1 aromatic heterocycles. The fourth-order valence-corrected chi connectivity index (χ4v) is 3.47. The first-order valence-electron chi connectivity index (χ1n) is 9.29. The van der Waals surface area contributed by atoms with E-state index in [1.54, 1.807) is 6.20 Å². The van der Waals surface area contributed by atoms with Gasteiger partial charge in [-0.15, -0.1) is 12.4 Å². The molecule has 2 N–H and O–H groups in total. The number of aryl methyl sites for hydroxylation is 1. The highest BCUT2D eigenvalue weighted by molar-refractivity contribution is 6.00. The number of aromatic nitrogens is 1. The quantitative estimate of drug-likeness (QED) is 0.715. The van der Waals surface area contributed by atoms with Crippen LogP contribution in [0.15, 0.2) is 59.1 Å². The van der Waals surface area contributed by atoms with Gasteiger partial charge >= 0.3 is 0 Å². The van der Waals surface area contributed by atoms with Gasteiger partial charge in [0, 0.05) is 30.3 Å². The number of nitrogens with zero attached hydrogens (tertiary/aromatic N) is 2. The average Bonchev–Trinajstić information content (AvgIpc) is 3.18. The number of carbonyl (C=O) groups is 1. The molecule has 3 aromatic rings. The third kappa shape index (κ3) is 4.11. The highest BCUT2D eigenvalue weighted by atomic mass is 35.5. The summed E-state index contributed by atoms with van der Waals surface area (Å²) in [6.07, 6.45) is 3.61. The molecule has 1 fully saturated rings. The lowest BCUT2D eigenvalue weighted by atomic mass is 10.0. The molecule has 0 saturated carbocycles. The van der Waals surface area contributed by atoms with E-state index in [-0.39, 0.29) is 24.4 Å². The molecule has 2 aromatic carbocycles. The fraction of sp³-hybridized carbons (Fsp3) is 0.273. The fourth-order valence-electron chi connectivity index (χ4n) is 3.47. The molecule has 2 heterocycles. The Balaban J connectivity index is 0.00000225. The number of hydrogen-bond donors (Lipinski definition) is 1. The Morgan fingerprint density at radius 1 is 1.18 bits per heavy atom. The van der Waals surface area contributed by atoms with Crippen LogP contribution < -0.4 is 5.73 Å². The summed E-state index contributed by atoms with van der Waals surface area (Å²) in [6, 6.07) is 15.6. The van der Waals surface area contributed by atoms with Crippen molar-refractivity contribution in [3.05, 3.63) is 65.9 Å². The Labute approximate surface area is 171 Å². The molecule has 1 atom stereocenters. The van der Waals surface area contributed by atoms with Gasteiger partial charge in [-0.25, -0.2) is 4.98 Å². The van der Waals surface area contributed by atoms with Gasteiger partial charge in [-0.05, 0) is 31.9 Å². The zero-order valence-corrected chi connectivity index (χ0v) is 16.6. The minimum atomic E-state index is -0.0177. The van der Waals surface area contributed by atoms with Crippen molar-refractivity contribution in [3.63, 3.8) is 0 Å². The first-order valence-corrected chi connectivity index (χ1v) is 9.29. The predicted octanol–water partition coefficient (Wildman–Crippen LogP) is 4.30. The molecule has 6 heteroatoms. The third-order valence-electron chi connectivity index (χ3n) is 4.97. The second-order valence-corrected chi connectivity index (χ2v) is 7.09. The number of rotatable bonds is 3. The summed E-state index contributed by atoms with van der Waals surface area (Å²) in [7, 11) is 0. The first-order chi connectivity index (χ1) is 13.1. The van der Waals surface area contributed by atoms with Crippen molar-refractivity contribution < 1.29 is 9.21 Å². The van der Waals surface area contributed by atoms with E-state index in [0.29, 0.717) is 29.3 Å². The summed E-state index contributed by atoms with van der Waals surface area (Å²) in [4.78, 5) is 19.3. The summed E-state index contributed by atoms with van der Waals surface area (Å²) in [5.41, 5.74) is 9.51. The van der Waals surface area contributed by atoms with Gasteiger partial charge in [0.25, 0.3) is 5.91 Å². The zero-order valence-electron chi connectivity index (χ0n) is 15.8. The molecule has 1 saturated heterocycles. The lowest BCUT2D eigenvalue weighted by Gasteiger charge is -2.31. The van der Waals surface area contributed by atoms with E-state index in [2.05, 4.69) is 4.98 Å². The van der Waals surface area contributed by atoms with Crippen LogP contribution in [0.5, 0.6) is 0 Å². The van der Waals surface area contributed by atoms with Gasteiger partial charge in [-0.3, -0.25) is 4.79 Å². The van der Waals surface area contributed by atoms with Crippen molar-refractivity contribution in [2.45, 2.75) is 25.8 Å². The van der Waals surface area contributed by atoms with E-state index in [0.717, 1.165) is 24.9 Å². The minimum Gasteiger partial charge on any atom is -0.436 e. The number of halogens is 1. The van der Waals surface area contributed by atoms with E-state index in [1.807, 2.05) is 60.4 Å². The van der Waals surface area contributed by atoms with Gasteiger partial charge in [0.1, 0.15) is 0 Å². The Bertz CT molecular complexity index is 952. The van der Waals surface area contributed by atoms with E-state index >= 15 is 0 Å². The van der Waals surface area contributed by atoms with Crippen molar-refractivity contribution in [1.29, 1.82) is 0 Å². The maximum absolute atomic E-state index is 13.1. The molecular weight excluding hydrogens is 374 g/mol. The summed E-state index contributed by atoms with van der Waals surface area (Å²) in [5.74, 6) is 1.12. The molecule has 1 unspecified atom stereocenters. The van der Waals surface area contributed by atoms with Crippen LogP contribution >= 0.6 is 12.4 Å². The SMILES string of the molecule is Cc1ccc(-c2cnc(-c3ccccc3C(=O)N3CCCC(N)C3)o2)cc1.Cl. The molecule has 5 nitrogen and oxygen atoms in total. The number of hydrogen-bond acceptors (Lipinski definition) is 4. The van der Waals surface area contributed by atoms with Crippen molar-refractivity contribution in [1.82, 2.24) is 9.88 Å². The lowest BCUT2D eigenvalue weighted by molar-refractivity contribution is 0.0709. The second-order valence-electron chi connectivity index (χ2n) is 7.09. The number of carbonyl (C=O) groups excluding carboxylic acids is 1. The third-order valence-corrected chi connectivity index (χ3v) is 4.97. The zero-order chi connectivity index (χ0) is 18.8. The number of benzene rings is 2. The Kier molecular flexibility index (Phi) is 6.17. The van der Waals surface area contributed by atoms with Crippen LogP contribution in [0, 0.1) is 6.92 Å². The second kappa shape index (κ2) is 8.59. The summed E-state index contributed by atoms with van der Waals surface area (Å²) < 4.78 is 5.99. The van der Waals surface area contributed by atoms with Crippen LogP contribution in [-0.4, -0.2) is 34.9 Å². The molecule has 28 heavy (non-hydrogen) atoms. The van der Waals surface area contributed by atoms with Gasteiger partial charge < -0.3 is 15.1 Å². The summed E-state index contributed by atoms with van der Waals surface area (Å²) in [5, 5.41) is 0. The lowest BCUT2D eigenvalue weighted by Crippen LogP contribution is -2.45. The molecule has 0 aliphatic carbocycles. The standard InChI is InChI=1S/C22H23N3O2.ClH/c1-15-8-10-16(11-9-15)20-13-24-21(27-20)18-6-2-3-7-19(18)22(26)25-12-4-5-17(23)14-25;/h2-3,6-11,13,17H,4-5,12,14,23H2,1H3;1H. The number of likely N-dealkylation sites (tertiary alicyclic amines) is 1. The van der Waals surface area contributed by atoms with Crippen molar-refractivity contribution in [2.24, 2.45) is 5.73 Å². The van der Waals surface area contributed by atoms with E-state index in [1.165, 1.54) is 5.56 Å². The Morgan fingerprint density at radius 2 is 1.93 bits per heavy atom. The van der Waals surface area contributed by atoms with Crippen LogP contribution in [0.3, 0.4) is 0 Å². The molecule has 4 rings (SSSR count). The number of nitrogens with two attached hydrogens (primary N) is 1. The van der Waals surface area contributed by atoms with Gasteiger partial charge in [0.05, 0.1) is 11.8 Å². The number of oxazole rings is 1. The number of amides is 1. The van der Waals surface area contributed by atoms with Gasteiger partial charge in [-0.2, -0.15) is 0 Å². The summed E-state index contributed by atoms with van der Waals surface area (Å²) in [6.45, 7) is 3.37. The molecule has 0 radical (unpaired) electrons. The normalized spacial score (nSPS) is 16.5. The van der Waals surface area contributed by atoms with Gasteiger partial charge in [-0.1, -0.05) is 42.0 Å². The Morgan fingerprint density at radius 3 is 2.68 bits per heavy atom. The van der Waals surface area contributed by atoms with Crippen LogP contribution in [0.4, 0.5) is 0 Å². The topological polar surface area (TPSA) is 72.4 Å². The summed E-state index contributed by atoms with van der Waals surface area (Å²) >= 11 is 0. The monoisotopic (exact) mass is 397 g/mol. The molecule has 146 valence electrons. The van der Waals surface area contributed by atoms with Gasteiger partial charge in [0.2, 0.25) is 5.89 Å². The molecule has 1 aliphatic heterocycles. The number of piperidine rings is 1.